The fraction of sp³-hybridized carbons (Fsp3) is 0.167. The summed E-state index contributed by atoms with van der Waals surface area (Å²) in [6, 6.07) is 17.8. The van der Waals surface area contributed by atoms with Crippen molar-refractivity contribution in [1.29, 1.82) is 0 Å². The number of nitrogens with zero attached hydrogens (tertiary/aromatic N) is 1. The first-order chi connectivity index (χ1) is 10.7. The Balaban J connectivity index is 2.03. The van der Waals surface area contributed by atoms with Crippen molar-refractivity contribution in [2.24, 2.45) is 0 Å². The van der Waals surface area contributed by atoms with Crippen molar-refractivity contribution in [2.45, 2.75) is 13.0 Å². The van der Waals surface area contributed by atoms with Gasteiger partial charge in [-0.3, -0.25) is 0 Å². The van der Waals surface area contributed by atoms with Crippen molar-refractivity contribution in [3.05, 3.63) is 72.1 Å². The van der Waals surface area contributed by atoms with E-state index in [1.54, 1.807) is 6.20 Å². The minimum absolute atomic E-state index is 0.0610. The first-order valence-electron chi connectivity index (χ1n) is 7.11. The zero-order chi connectivity index (χ0) is 15.5. The van der Waals surface area contributed by atoms with E-state index >= 15 is 0 Å². The molecule has 0 saturated heterocycles. The van der Waals surface area contributed by atoms with Gasteiger partial charge in [-0.05, 0) is 24.6 Å². The first-order valence-corrected chi connectivity index (χ1v) is 7.11. The molecule has 4 nitrogen and oxygen atoms in total. The van der Waals surface area contributed by atoms with Gasteiger partial charge < -0.3 is 14.4 Å². The van der Waals surface area contributed by atoms with E-state index in [4.69, 9.17) is 9.47 Å². The summed E-state index contributed by atoms with van der Waals surface area (Å²) in [7, 11) is 1.35. The Morgan fingerprint density at radius 1 is 1.09 bits per heavy atom. The topological polar surface area (TPSA) is 38.8 Å². The van der Waals surface area contributed by atoms with E-state index in [0.29, 0.717) is 5.75 Å². The number of ether oxygens (including phenoxy) is 2. The normalized spacial score (nSPS) is 14.5. The van der Waals surface area contributed by atoms with Gasteiger partial charge in [0.15, 0.2) is 5.75 Å². The number of hydrogen-bond donors (Lipinski definition) is 0. The summed E-state index contributed by atoms with van der Waals surface area (Å²) < 4.78 is 10.4. The molecule has 3 rings (SSSR count). The quantitative estimate of drug-likeness (QED) is 0.810. The standard InChI is InChI=1S/C18H17NO3/c1-13(14-8-4-3-5-9-14)19-12-17(18(20)21-2)22-16-11-7-6-10-15(16)19/h3-13H,1-2H3/t13-/m1/s1. The number of hydrogen-bond acceptors (Lipinski definition) is 4. The Morgan fingerprint density at radius 3 is 2.50 bits per heavy atom. The Bertz CT molecular complexity index is 709. The summed E-state index contributed by atoms with van der Waals surface area (Å²) in [6.45, 7) is 2.09. The van der Waals surface area contributed by atoms with E-state index in [2.05, 4.69) is 19.1 Å². The number of para-hydroxylation sites is 2. The van der Waals surface area contributed by atoms with Crippen LogP contribution in [0.5, 0.6) is 5.75 Å². The minimum Gasteiger partial charge on any atom is -0.463 e. The molecule has 0 amide bonds. The summed E-state index contributed by atoms with van der Waals surface area (Å²) in [5.74, 6) is 0.344. The van der Waals surface area contributed by atoms with E-state index in [0.717, 1.165) is 11.3 Å². The van der Waals surface area contributed by atoms with Gasteiger partial charge in [0.2, 0.25) is 5.76 Å². The number of benzene rings is 2. The molecule has 1 aliphatic rings. The van der Waals surface area contributed by atoms with Crippen LogP contribution in [0.2, 0.25) is 0 Å². The maximum Gasteiger partial charge on any atom is 0.375 e. The molecule has 0 saturated carbocycles. The molecule has 112 valence electrons. The third kappa shape index (κ3) is 2.55. The zero-order valence-electron chi connectivity index (χ0n) is 12.5. The molecule has 0 aromatic heterocycles. The second kappa shape index (κ2) is 5.93. The minimum atomic E-state index is -0.486. The van der Waals surface area contributed by atoms with Gasteiger partial charge in [-0.25, -0.2) is 4.79 Å². The average Bonchev–Trinajstić information content (AvgIpc) is 2.60. The lowest BCUT2D eigenvalue weighted by Gasteiger charge is -2.33. The van der Waals surface area contributed by atoms with Crippen LogP contribution in [0.15, 0.2) is 66.6 Å². The molecule has 0 fully saturated rings. The number of carbonyl (C=O) groups is 1. The smallest absolute Gasteiger partial charge is 0.375 e. The number of fused-ring (bicyclic) bond motifs is 1. The molecule has 22 heavy (non-hydrogen) atoms. The number of anilines is 1. The Labute approximate surface area is 129 Å². The molecule has 1 heterocycles. The van der Waals surface area contributed by atoms with E-state index in [9.17, 15) is 4.79 Å². The van der Waals surface area contributed by atoms with Crippen molar-refractivity contribution in [1.82, 2.24) is 0 Å². The van der Waals surface area contributed by atoms with Gasteiger partial charge in [0.25, 0.3) is 0 Å². The van der Waals surface area contributed by atoms with Gasteiger partial charge in [-0.1, -0.05) is 42.5 Å². The second-order valence-electron chi connectivity index (χ2n) is 5.05. The van der Waals surface area contributed by atoms with Gasteiger partial charge in [0.05, 0.1) is 25.0 Å². The van der Waals surface area contributed by atoms with Crippen molar-refractivity contribution < 1.29 is 14.3 Å². The molecule has 4 heteroatoms. The third-order valence-electron chi connectivity index (χ3n) is 3.71. The highest BCUT2D eigenvalue weighted by Crippen LogP contribution is 2.39. The maximum absolute atomic E-state index is 11.8. The zero-order valence-corrected chi connectivity index (χ0v) is 12.5. The van der Waals surface area contributed by atoms with Crippen LogP contribution >= 0.6 is 0 Å². The van der Waals surface area contributed by atoms with E-state index < -0.39 is 5.97 Å². The van der Waals surface area contributed by atoms with Gasteiger partial charge in [0, 0.05) is 0 Å². The average molecular weight is 295 g/mol. The summed E-state index contributed by atoms with van der Waals surface area (Å²) >= 11 is 0. The monoisotopic (exact) mass is 295 g/mol. The fourth-order valence-corrected chi connectivity index (χ4v) is 2.51. The molecule has 0 bridgehead atoms. The molecule has 0 unspecified atom stereocenters. The van der Waals surface area contributed by atoms with Gasteiger partial charge in [-0.2, -0.15) is 0 Å². The van der Waals surface area contributed by atoms with E-state index in [1.807, 2.05) is 47.4 Å². The van der Waals surface area contributed by atoms with Gasteiger partial charge >= 0.3 is 5.97 Å². The Hall–Kier alpha value is -2.75. The predicted octanol–water partition coefficient (Wildman–Crippen LogP) is 3.66. The number of methoxy groups -OCH3 is 1. The molecule has 0 radical (unpaired) electrons. The largest absolute Gasteiger partial charge is 0.463 e. The van der Waals surface area contributed by atoms with E-state index in [-0.39, 0.29) is 11.8 Å². The lowest BCUT2D eigenvalue weighted by molar-refractivity contribution is -0.138. The van der Waals surface area contributed by atoms with Crippen LogP contribution in [-0.2, 0) is 9.53 Å². The van der Waals surface area contributed by atoms with Crippen LogP contribution in [0.4, 0.5) is 5.69 Å². The Kier molecular flexibility index (Phi) is 3.83. The molecule has 0 spiro atoms. The van der Waals surface area contributed by atoms with Crippen molar-refractivity contribution in [3.63, 3.8) is 0 Å². The van der Waals surface area contributed by atoms with Crippen molar-refractivity contribution in [3.8, 4) is 5.75 Å². The number of rotatable bonds is 3. The molecular weight excluding hydrogens is 278 g/mol. The highest BCUT2D eigenvalue weighted by molar-refractivity contribution is 5.88. The lowest BCUT2D eigenvalue weighted by Crippen LogP contribution is -2.28. The van der Waals surface area contributed by atoms with Crippen LogP contribution in [0, 0.1) is 0 Å². The molecule has 2 aromatic carbocycles. The first kappa shape index (κ1) is 14.2. The molecular formula is C18H17NO3. The Morgan fingerprint density at radius 2 is 1.77 bits per heavy atom. The van der Waals surface area contributed by atoms with Crippen LogP contribution in [0.3, 0.4) is 0 Å². The molecule has 0 N–H and O–H groups in total. The number of carbonyl (C=O) groups excluding carboxylic acids is 1. The summed E-state index contributed by atoms with van der Waals surface area (Å²) in [5.41, 5.74) is 2.08. The van der Waals surface area contributed by atoms with Gasteiger partial charge in [-0.15, -0.1) is 0 Å². The van der Waals surface area contributed by atoms with Crippen molar-refractivity contribution in [2.75, 3.05) is 12.0 Å². The van der Waals surface area contributed by atoms with Gasteiger partial charge in [0.1, 0.15) is 0 Å². The summed E-state index contributed by atoms with van der Waals surface area (Å²) in [4.78, 5) is 13.9. The lowest BCUT2D eigenvalue weighted by atomic mass is 10.1. The fourth-order valence-electron chi connectivity index (χ4n) is 2.51. The third-order valence-corrected chi connectivity index (χ3v) is 3.71. The van der Waals surface area contributed by atoms with Crippen LogP contribution in [0.1, 0.15) is 18.5 Å². The van der Waals surface area contributed by atoms with E-state index in [1.165, 1.54) is 7.11 Å². The summed E-state index contributed by atoms with van der Waals surface area (Å²) in [6.07, 6.45) is 1.70. The maximum atomic E-state index is 11.8. The molecule has 1 atom stereocenters. The molecule has 1 aliphatic heterocycles. The predicted molar refractivity (Wildman–Crippen MR) is 84.5 cm³/mol. The van der Waals surface area contributed by atoms with Crippen LogP contribution < -0.4 is 9.64 Å². The highest BCUT2D eigenvalue weighted by atomic mass is 16.6. The SMILES string of the molecule is COC(=O)C1=CN([C@H](C)c2ccccc2)c2ccccc2O1. The summed E-state index contributed by atoms with van der Waals surface area (Å²) in [5, 5.41) is 0. The van der Waals surface area contributed by atoms with Crippen LogP contribution in [0.25, 0.3) is 0 Å². The molecule has 2 aromatic rings. The highest BCUT2D eigenvalue weighted by Gasteiger charge is 2.27. The number of esters is 1. The van der Waals surface area contributed by atoms with Crippen molar-refractivity contribution >= 4 is 11.7 Å². The van der Waals surface area contributed by atoms with Crippen LogP contribution in [-0.4, -0.2) is 13.1 Å². The second-order valence-corrected chi connectivity index (χ2v) is 5.05. The molecule has 0 aliphatic carbocycles.